The van der Waals surface area contributed by atoms with Crippen molar-refractivity contribution in [2.24, 2.45) is 0 Å². The molecule has 3 rings (SSSR count). The molecule has 1 aliphatic rings. The maximum absolute atomic E-state index is 12.8. The first-order valence-corrected chi connectivity index (χ1v) is 7.22. The second-order valence-corrected chi connectivity index (χ2v) is 5.53. The molecule has 1 amide bonds. The molecule has 2 heterocycles. The summed E-state index contributed by atoms with van der Waals surface area (Å²) in [6.07, 6.45) is 1.29. The highest BCUT2D eigenvalue weighted by molar-refractivity contribution is 6.31. The lowest BCUT2D eigenvalue weighted by Crippen LogP contribution is -2.42. The predicted molar refractivity (Wildman–Crippen MR) is 84.1 cm³/mol. The zero-order chi connectivity index (χ0) is 16.6. The largest absolute Gasteiger partial charge is 0.471 e. The molecule has 1 atom stereocenters. The topological polar surface area (TPSA) is 85.6 Å². The van der Waals surface area contributed by atoms with E-state index < -0.39 is 10.8 Å². The molecule has 7 nitrogen and oxygen atoms in total. The number of hydrogen-bond acceptors (Lipinski definition) is 5. The first kappa shape index (κ1) is 15.2. The number of amides is 1. The van der Waals surface area contributed by atoms with Crippen LogP contribution in [0.25, 0.3) is 0 Å². The minimum absolute atomic E-state index is 0.0247. The van der Waals surface area contributed by atoms with Crippen molar-refractivity contribution in [1.29, 1.82) is 0 Å². The Balaban J connectivity index is 2.06. The van der Waals surface area contributed by atoms with Gasteiger partial charge in [0, 0.05) is 17.3 Å². The van der Waals surface area contributed by atoms with Gasteiger partial charge in [-0.3, -0.25) is 19.8 Å². The van der Waals surface area contributed by atoms with E-state index in [0.29, 0.717) is 11.6 Å². The first-order chi connectivity index (χ1) is 11.0. The van der Waals surface area contributed by atoms with Gasteiger partial charge in [-0.2, -0.15) is 0 Å². The number of pyridine rings is 1. The average Bonchev–Trinajstić information content (AvgIpc) is 2.53. The molecule has 1 aliphatic heterocycles. The van der Waals surface area contributed by atoms with Crippen LogP contribution in [0.5, 0.6) is 5.88 Å². The molecule has 0 saturated carbocycles. The standard InChI is InChI=1S/C15H12ClN3O4/c1-9-8-18(12-3-2-6-17-14(12)23-9)15(20)11-5-4-10(16)7-13(11)19(21)22/h2-7,9H,8H2,1H3/t9-/m0/s1. The number of fused-ring (bicyclic) bond motifs is 1. The molecule has 0 spiro atoms. The van der Waals surface area contributed by atoms with E-state index in [4.69, 9.17) is 16.3 Å². The highest BCUT2D eigenvalue weighted by Crippen LogP contribution is 2.33. The SMILES string of the molecule is C[C@H]1CN(C(=O)c2ccc(Cl)cc2[N+](=O)[O-])c2cccnc2O1. The Kier molecular flexibility index (Phi) is 3.87. The second-order valence-electron chi connectivity index (χ2n) is 5.09. The van der Waals surface area contributed by atoms with Crippen LogP contribution < -0.4 is 9.64 Å². The lowest BCUT2D eigenvalue weighted by Gasteiger charge is -2.32. The van der Waals surface area contributed by atoms with E-state index in [2.05, 4.69) is 4.98 Å². The molecular weight excluding hydrogens is 322 g/mol. The number of aromatic nitrogens is 1. The molecule has 0 radical (unpaired) electrons. The maximum atomic E-state index is 12.8. The Morgan fingerprint density at radius 1 is 1.48 bits per heavy atom. The monoisotopic (exact) mass is 333 g/mol. The number of rotatable bonds is 2. The average molecular weight is 334 g/mol. The number of carbonyl (C=O) groups is 1. The molecule has 2 aromatic rings. The van der Waals surface area contributed by atoms with Crippen molar-refractivity contribution in [2.75, 3.05) is 11.4 Å². The Labute approximate surface area is 136 Å². The van der Waals surface area contributed by atoms with Crippen LogP contribution >= 0.6 is 11.6 Å². The number of nitro groups is 1. The van der Waals surface area contributed by atoms with Crippen molar-refractivity contribution in [2.45, 2.75) is 13.0 Å². The lowest BCUT2D eigenvalue weighted by molar-refractivity contribution is -0.385. The third-order valence-corrected chi connectivity index (χ3v) is 3.66. The smallest absolute Gasteiger partial charge is 0.283 e. The summed E-state index contributed by atoms with van der Waals surface area (Å²) >= 11 is 5.80. The van der Waals surface area contributed by atoms with Crippen LogP contribution in [0.3, 0.4) is 0 Å². The van der Waals surface area contributed by atoms with Gasteiger partial charge in [0.15, 0.2) is 0 Å². The van der Waals surface area contributed by atoms with E-state index in [1.54, 1.807) is 25.3 Å². The van der Waals surface area contributed by atoms with Crippen molar-refractivity contribution in [3.05, 3.63) is 57.2 Å². The van der Waals surface area contributed by atoms with Crippen LogP contribution in [0.15, 0.2) is 36.5 Å². The Hall–Kier alpha value is -2.67. The van der Waals surface area contributed by atoms with Crippen LogP contribution in [-0.2, 0) is 0 Å². The van der Waals surface area contributed by atoms with E-state index in [1.807, 2.05) is 0 Å². The molecule has 0 fully saturated rings. The van der Waals surface area contributed by atoms with Gasteiger partial charge in [-0.25, -0.2) is 4.98 Å². The predicted octanol–water partition coefficient (Wildman–Crippen LogP) is 3.07. The van der Waals surface area contributed by atoms with Gasteiger partial charge < -0.3 is 4.74 Å². The van der Waals surface area contributed by atoms with E-state index in [0.717, 1.165) is 0 Å². The summed E-state index contributed by atoms with van der Waals surface area (Å²) in [4.78, 5) is 29.0. The quantitative estimate of drug-likeness (QED) is 0.622. The van der Waals surface area contributed by atoms with E-state index in [-0.39, 0.29) is 28.9 Å². The van der Waals surface area contributed by atoms with Gasteiger partial charge in [-0.15, -0.1) is 0 Å². The van der Waals surface area contributed by atoms with Crippen molar-refractivity contribution in [3.63, 3.8) is 0 Å². The third-order valence-electron chi connectivity index (χ3n) is 3.43. The summed E-state index contributed by atoms with van der Waals surface area (Å²) in [6, 6.07) is 7.35. The minimum Gasteiger partial charge on any atom is -0.471 e. The molecule has 0 N–H and O–H groups in total. The number of nitro benzene ring substituents is 1. The Bertz CT molecular complexity index is 796. The minimum atomic E-state index is -0.618. The van der Waals surface area contributed by atoms with Crippen molar-refractivity contribution < 1.29 is 14.5 Å². The summed E-state index contributed by atoms with van der Waals surface area (Å²) in [5.41, 5.74) is 0.134. The van der Waals surface area contributed by atoms with Crippen molar-refractivity contribution in [3.8, 4) is 5.88 Å². The lowest BCUT2D eigenvalue weighted by atomic mass is 10.1. The summed E-state index contributed by atoms with van der Waals surface area (Å²) in [5, 5.41) is 11.4. The molecule has 8 heteroatoms. The fraction of sp³-hybridized carbons (Fsp3) is 0.200. The van der Waals surface area contributed by atoms with Gasteiger partial charge in [0.2, 0.25) is 5.88 Å². The van der Waals surface area contributed by atoms with Crippen LogP contribution in [0, 0.1) is 10.1 Å². The number of hydrogen-bond donors (Lipinski definition) is 0. The molecule has 23 heavy (non-hydrogen) atoms. The van der Waals surface area contributed by atoms with Crippen molar-refractivity contribution in [1.82, 2.24) is 4.98 Å². The van der Waals surface area contributed by atoms with E-state index in [9.17, 15) is 14.9 Å². The number of halogens is 1. The highest BCUT2D eigenvalue weighted by atomic mass is 35.5. The number of ether oxygens (including phenoxy) is 1. The molecule has 118 valence electrons. The molecule has 0 saturated heterocycles. The fourth-order valence-electron chi connectivity index (χ4n) is 2.44. The van der Waals surface area contributed by atoms with Gasteiger partial charge in [0.05, 0.1) is 11.5 Å². The number of anilines is 1. The number of carbonyl (C=O) groups excluding carboxylic acids is 1. The molecular formula is C15H12ClN3O4. The first-order valence-electron chi connectivity index (χ1n) is 6.85. The zero-order valence-corrected chi connectivity index (χ0v) is 12.9. The van der Waals surface area contributed by atoms with Crippen LogP contribution in [0.2, 0.25) is 5.02 Å². The highest BCUT2D eigenvalue weighted by Gasteiger charge is 2.32. The Morgan fingerprint density at radius 3 is 3.00 bits per heavy atom. The van der Waals surface area contributed by atoms with Gasteiger partial charge >= 0.3 is 0 Å². The fourth-order valence-corrected chi connectivity index (χ4v) is 2.60. The van der Waals surface area contributed by atoms with Gasteiger partial charge in [0.1, 0.15) is 17.4 Å². The zero-order valence-electron chi connectivity index (χ0n) is 12.1. The van der Waals surface area contributed by atoms with Crippen LogP contribution in [-0.4, -0.2) is 28.5 Å². The van der Waals surface area contributed by atoms with Crippen LogP contribution in [0.1, 0.15) is 17.3 Å². The van der Waals surface area contributed by atoms with Crippen LogP contribution in [0.4, 0.5) is 11.4 Å². The van der Waals surface area contributed by atoms with E-state index >= 15 is 0 Å². The number of benzene rings is 1. The molecule has 1 aromatic heterocycles. The van der Waals surface area contributed by atoms with Gasteiger partial charge in [0.25, 0.3) is 11.6 Å². The number of nitrogens with zero attached hydrogens (tertiary/aromatic N) is 3. The normalized spacial score (nSPS) is 16.4. The second kappa shape index (κ2) is 5.85. The summed E-state index contributed by atoms with van der Waals surface area (Å²) in [7, 11) is 0. The summed E-state index contributed by atoms with van der Waals surface area (Å²) in [6.45, 7) is 2.07. The Morgan fingerprint density at radius 2 is 2.26 bits per heavy atom. The molecule has 0 unspecified atom stereocenters. The summed E-state index contributed by atoms with van der Waals surface area (Å²) in [5.74, 6) is -0.158. The third kappa shape index (κ3) is 2.83. The molecule has 1 aromatic carbocycles. The van der Waals surface area contributed by atoms with Crippen molar-refractivity contribution >= 4 is 28.9 Å². The molecule has 0 bridgehead atoms. The summed E-state index contributed by atoms with van der Waals surface area (Å²) < 4.78 is 5.58. The maximum Gasteiger partial charge on any atom is 0.283 e. The van der Waals surface area contributed by atoms with E-state index in [1.165, 1.54) is 23.1 Å². The van der Waals surface area contributed by atoms with Gasteiger partial charge in [-0.05, 0) is 31.2 Å². The molecule has 0 aliphatic carbocycles. The van der Waals surface area contributed by atoms with Gasteiger partial charge in [-0.1, -0.05) is 11.6 Å².